The van der Waals surface area contributed by atoms with Crippen LogP contribution in [0.3, 0.4) is 0 Å². The first kappa shape index (κ1) is 21.1. The molecule has 1 N–H and O–H groups in total. The molecule has 1 heterocycles. The molecular weight excluding hydrogens is 390 g/mol. The number of fused-ring (bicyclic) bond motifs is 1. The second-order valence-corrected chi connectivity index (χ2v) is 8.02. The Labute approximate surface area is 183 Å². The van der Waals surface area contributed by atoms with Crippen molar-refractivity contribution < 1.29 is 14.3 Å². The van der Waals surface area contributed by atoms with Gasteiger partial charge in [0.25, 0.3) is 5.91 Å². The lowest BCUT2D eigenvalue weighted by Gasteiger charge is -2.27. The first-order chi connectivity index (χ1) is 15.1. The van der Waals surface area contributed by atoms with Gasteiger partial charge in [0.05, 0.1) is 26.0 Å². The number of aromatic nitrogens is 2. The van der Waals surface area contributed by atoms with Gasteiger partial charge in [0.1, 0.15) is 17.7 Å². The summed E-state index contributed by atoms with van der Waals surface area (Å²) in [6.45, 7) is 4.07. The van der Waals surface area contributed by atoms with Gasteiger partial charge in [0.15, 0.2) is 0 Å². The van der Waals surface area contributed by atoms with Crippen molar-refractivity contribution in [1.82, 2.24) is 9.78 Å². The van der Waals surface area contributed by atoms with E-state index in [1.807, 2.05) is 42.1 Å². The van der Waals surface area contributed by atoms with Gasteiger partial charge in [-0.05, 0) is 61.9 Å². The fraction of sp³-hybridized carbons (Fsp3) is 0.360. The SMILES string of the molecule is COc1cccc(COC(C)C(=O)Nc2c(C)cnn2C2CCCc3ccccc32)c1. The third-order valence-corrected chi connectivity index (χ3v) is 5.86. The molecule has 0 saturated carbocycles. The molecule has 2 aromatic carbocycles. The molecule has 162 valence electrons. The highest BCUT2D eigenvalue weighted by Gasteiger charge is 2.26. The molecule has 2 atom stereocenters. The summed E-state index contributed by atoms with van der Waals surface area (Å²) in [4.78, 5) is 12.9. The summed E-state index contributed by atoms with van der Waals surface area (Å²) in [7, 11) is 1.63. The number of hydrogen-bond donors (Lipinski definition) is 1. The van der Waals surface area contributed by atoms with Gasteiger partial charge < -0.3 is 14.8 Å². The zero-order chi connectivity index (χ0) is 21.8. The van der Waals surface area contributed by atoms with Gasteiger partial charge in [-0.3, -0.25) is 4.79 Å². The Morgan fingerprint density at radius 1 is 1.26 bits per heavy atom. The minimum Gasteiger partial charge on any atom is -0.497 e. The number of aryl methyl sites for hydroxylation is 2. The van der Waals surface area contributed by atoms with E-state index >= 15 is 0 Å². The van der Waals surface area contributed by atoms with E-state index in [1.54, 1.807) is 14.0 Å². The lowest BCUT2D eigenvalue weighted by molar-refractivity contribution is -0.127. The van der Waals surface area contributed by atoms with Crippen molar-refractivity contribution in [3.63, 3.8) is 0 Å². The summed E-state index contributed by atoms with van der Waals surface area (Å²) >= 11 is 0. The average molecular weight is 420 g/mol. The van der Waals surface area contributed by atoms with Crippen LogP contribution in [0.25, 0.3) is 0 Å². The minimum atomic E-state index is -0.604. The van der Waals surface area contributed by atoms with E-state index in [9.17, 15) is 4.79 Å². The van der Waals surface area contributed by atoms with Crippen molar-refractivity contribution in [1.29, 1.82) is 0 Å². The Bertz CT molecular complexity index is 1060. The number of nitrogens with zero attached hydrogens (tertiary/aromatic N) is 2. The van der Waals surface area contributed by atoms with Crippen molar-refractivity contribution >= 4 is 11.7 Å². The highest BCUT2D eigenvalue weighted by atomic mass is 16.5. The number of ether oxygens (including phenoxy) is 2. The maximum atomic E-state index is 12.9. The molecule has 0 saturated heterocycles. The quantitative estimate of drug-likeness (QED) is 0.604. The molecule has 2 unspecified atom stereocenters. The van der Waals surface area contributed by atoms with Gasteiger partial charge in [-0.15, -0.1) is 0 Å². The second-order valence-electron chi connectivity index (χ2n) is 8.02. The van der Waals surface area contributed by atoms with Crippen LogP contribution in [-0.4, -0.2) is 28.9 Å². The molecular formula is C25H29N3O3. The number of anilines is 1. The summed E-state index contributed by atoms with van der Waals surface area (Å²) in [5.74, 6) is 1.32. The highest BCUT2D eigenvalue weighted by Crippen LogP contribution is 2.35. The van der Waals surface area contributed by atoms with Crippen LogP contribution >= 0.6 is 0 Å². The van der Waals surface area contributed by atoms with Crippen LogP contribution in [0.2, 0.25) is 0 Å². The largest absolute Gasteiger partial charge is 0.497 e. The molecule has 4 rings (SSSR count). The van der Waals surface area contributed by atoms with E-state index in [0.717, 1.165) is 42.0 Å². The van der Waals surface area contributed by atoms with Crippen molar-refractivity contribution in [3.8, 4) is 5.75 Å². The first-order valence-electron chi connectivity index (χ1n) is 10.7. The summed E-state index contributed by atoms with van der Waals surface area (Å²) in [6, 6.07) is 16.3. The minimum absolute atomic E-state index is 0.127. The lowest BCUT2D eigenvalue weighted by Crippen LogP contribution is -2.30. The van der Waals surface area contributed by atoms with Crippen LogP contribution in [0.5, 0.6) is 5.75 Å². The number of amides is 1. The molecule has 0 fully saturated rings. The predicted molar refractivity (Wildman–Crippen MR) is 120 cm³/mol. The van der Waals surface area contributed by atoms with Crippen molar-refractivity contribution in [3.05, 3.63) is 77.0 Å². The zero-order valence-corrected chi connectivity index (χ0v) is 18.3. The van der Waals surface area contributed by atoms with Crippen molar-refractivity contribution in [2.45, 2.75) is 51.9 Å². The topological polar surface area (TPSA) is 65.4 Å². The van der Waals surface area contributed by atoms with Crippen LogP contribution in [0.4, 0.5) is 5.82 Å². The molecule has 0 radical (unpaired) electrons. The molecule has 3 aromatic rings. The van der Waals surface area contributed by atoms with E-state index in [1.165, 1.54) is 11.1 Å². The molecule has 1 aromatic heterocycles. The molecule has 1 aliphatic carbocycles. The van der Waals surface area contributed by atoms with E-state index in [0.29, 0.717) is 6.61 Å². The summed E-state index contributed by atoms with van der Waals surface area (Å²) in [5, 5.41) is 7.67. The normalized spacial score (nSPS) is 16.4. The van der Waals surface area contributed by atoms with Gasteiger partial charge in [-0.2, -0.15) is 5.10 Å². The third kappa shape index (κ3) is 4.64. The second kappa shape index (κ2) is 9.35. The number of nitrogens with one attached hydrogen (secondary N) is 1. The smallest absolute Gasteiger partial charge is 0.254 e. The molecule has 31 heavy (non-hydrogen) atoms. The maximum Gasteiger partial charge on any atom is 0.254 e. The average Bonchev–Trinajstić information content (AvgIpc) is 3.16. The Morgan fingerprint density at radius 2 is 2.10 bits per heavy atom. The Hall–Kier alpha value is -3.12. The lowest BCUT2D eigenvalue weighted by atomic mass is 9.88. The molecule has 1 aliphatic rings. The van der Waals surface area contributed by atoms with Crippen LogP contribution in [0, 0.1) is 6.92 Å². The van der Waals surface area contributed by atoms with Crippen LogP contribution in [0.15, 0.2) is 54.7 Å². The van der Waals surface area contributed by atoms with Crippen molar-refractivity contribution in [2.24, 2.45) is 0 Å². The molecule has 0 spiro atoms. The highest BCUT2D eigenvalue weighted by molar-refractivity contribution is 5.93. The van der Waals surface area contributed by atoms with Crippen molar-refractivity contribution in [2.75, 3.05) is 12.4 Å². The van der Waals surface area contributed by atoms with E-state index < -0.39 is 6.10 Å². The Kier molecular flexibility index (Phi) is 6.37. The fourth-order valence-corrected chi connectivity index (χ4v) is 4.10. The predicted octanol–water partition coefficient (Wildman–Crippen LogP) is 4.67. The summed E-state index contributed by atoms with van der Waals surface area (Å²) in [6.07, 6.45) is 4.41. The standard InChI is InChI=1S/C25H29N3O3/c1-17-15-26-28(23-13-7-10-20-9-4-5-12-22(20)23)24(17)27-25(29)18(2)31-16-19-8-6-11-21(14-19)30-3/h4-6,8-9,11-12,14-15,18,23H,7,10,13,16H2,1-3H3,(H,27,29). The molecule has 6 nitrogen and oxygen atoms in total. The van der Waals surface area contributed by atoms with Crippen LogP contribution < -0.4 is 10.1 Å². The van der Waals surface area contributed by atoms with E-state index in [-0.39, 0.29) is 11.9 Å². The zero-order valence-electron chi connectivity index (χ0n) is 18.3. The first-order valence-corrected chi connectivity index (χ1v) is 10.7. The number of methoxy groups -OCH3 is 1. The molecule has 0 aliphatic heterocycles. The van der Waals surface area contributed by atoms with Gasteiger partial charge in [0.2, 0.25) is 0 Å². The third-order valence-electron chi connectivity index (χ3n) is 5.86. The summed E-state index contributed by atoms with van der Waals surface area (Å²) in [5.41, 5.74) is 4.55. The van der Waals surface area contributed by atoms with Crippen LogP contribution in [-0.2, 0) is 22.6 Å². The van der Waals surface area contributed by atoms with Crippen LogP contribution in [0.1, 0.15) is 48.1 Å². The maximum absolute atomic E-state index is 12.9. The monoisotopic (exact) mass is 419 g/mol. The van der Waals surface area contributed by atoms with Gasteiger partial charge >= 0.3 is 0 Å². The number of rotatable bonds is 7. The van der Waals surface area contributed by atoms with E-state index in [2.05, 4.69) is 34.7 Å². The van der Waals surface area contributed by atoms with E-state index in [4.69, 9.17) is 9.47 Å². The van der Waals surface area contributed by atoms with Gasteiger partial charge in [-0.25, -0.2) is 4.68 Å². The number of hydrogen-bond acceptors (Lipinski definition) is 4. The van der Waals surface area contributed by atoms with Gasteiger partial charge in [0, 0.05) is 5.56 Å². The van der Waals surface area contributed by atoms with Gasteiger partial charge in [-0.1, -0.05) is 36.4 Å². The number of benzene rings is 2. The Balaban J connectivity index is 1.46. The molecule has 1 amide bonds. The number of carbonyl (C=O) groups excluding carboxylic acids is 1. The summed E-state index contributed by atoms with van der Waals surface area (Å²) < 4.78 is 13.0. The number of carbonyl (C=O) groups is 1. The molecule has 0 bridgehead atoms. The Morgan fingerprint density at radius 3 is 2.94 bits per heavy atom. The molecule has 6 heteroatoms. The fourth-order valence-electron chi connectivity index (χ4n) is 4.10.